The summed E-state index contributed by atoms with van der Waals surface area (Å²) in [4.78, 5) is 0. The SMILES string of the molecule is C1COCCO1.c1ccc([Si]c2ccccc2)cc1. The monoisotopic (exact) mass is 270 g/mol. The van der Waals surface area contributed by atoms with E-state index < -0.39 is 0 Å². The number of ether oxygens (including phenoxy) is 2. The summed E-state index contributed by atoms with van der Waals surface area (Å²) < 4.78 is 9.89. The molecule has 2 aromatic rings. The predicted molar refractivity (Wildman–Crippen MR) is 79.5 cm³/mol. The molecular formula is C16H18O2Si. The lowest BCUT2D eigenvalue weighted by Gasteiger charge is -2.09. The van der Waals surface area contributed by atoms with Gasteiger partial charge in [-0.25, -0.2) is 0 Å². The van der Waals surface area contributed by atoms with Crippen molar-refractivity contribution in [3.63, 3.8) is 0 Å². The zero-order valence-corrected chi connectivity index (χ0v) is 11.9. The summed E-state index contributed by atoms with van der Waals surface area (Å²) in [6.45, 7) is 3.11. The molecule has 1 saturated heterocycles. The van der Waals surface area contributed by atoms with Crippen molar-refractivity contribution in [2.24, 2.45) is 0 Å². The summed E-state index contributed by atoms with van der Waals surface area (Å²) in [6, 6.07) is 21.2. The van der Waals surface area contributed by atoms with Crippen LogP contribution in [-0.4, -0.2) is 35.9 Å². The molecule has 1 heterocycles. The van der Waals surface area contributed by atoms with E-state index in [-0.39, 0.29) is 0 Å². The fourth-order valence-corrected chi connectivity index (χ4v) is 2.70. The van der Waals surface area contributed by atoms with Gasteiger partial charge in [0.25, 0.3) is 0 Å². The molecule has 0 saturated carbocycles. The smallest absolute Gasteiger partial charge is 0.121 e. The molecule has 2 aromatic carbocycles. The highest BCUT2D eigenvalue weighted by molar-refractivity contribution is 6.67. The van der Waals surface area contributed by atoms with Crippen LogP contribution in [0.1, 0.15) is 0 Å². The zero-order chi connectivity index (χ0) is 13.2. The van der Waals surface area contributed by atoms with E-state index in [0.717, 1.165) is 35.9 Å². The second-order valence-corrected chi connectivity index (χ2v) is 5.49. The minimum atomic E-state index is 0.777. The van der Waals surface area contributed by atoms with Crippen LogP contribution in [0.3, 0.4) is 0 Å². The maximum absolute atomic E-state index is 4.94. The first-order valence-electron chi connectivity index (χ1n) is 6.48. The van der Waals surface area contributed by atoms with Gasteiger partial charge in [-0.3, -0.25) is 0 Å². The van der Waals surface area contributed by atoms with Crippen LogP contribution in [0.15, 0.2) is 60.7 Å². The number of hydrogen-bond donors (Lipinski definition) is 0. The van der Waals surface area contributed by atoms with E-state index in [2.05, 4.69) is 60.7 Å². The zero-order valence-electron chi connectivity index (χ0n) is 10.9. The predicted octanol–water partition coefficient (Wildman–Crippen LogP) is 1.37. The van der Waals surface area contributed by atoms with Crippen LogP contribution in [0, 0.1) is 0 Å². The van der Waals surface area contributed by atoms with Crippen LogP contribution in [0.2, 0.25) is 0 Å². The molecule has 1 fully saturated rings. The highest BCUT2D eigenvalue weighted by Crippen LogP contribution is 1.85. The van der Waals surface area contributed by atoms with E-state index in [9.17, 15) is 0 Å². The second-order valence-electron chi connectivity index (χ2n) is 4.08. The van der Waals surface area contributed by atoms with Gasteiger partial charge in [0.15, 0.2) is 0 Å². The summed E-state index contributed by atoms with van der Waals surface area (Å²) in [5, 5.41) is 2.79. The molecule has 0 aromatic heterocycles. The molecule has 2 radical (unpaired) electrons. The standard InChI is InChI=1S/C12H10Si.C4H8O2/c1-3-7-11(8-4-1)13-12-9-5-2-6-10-12;1-2-6-4-3-5-1/h1-10H;1-4H2. The third-order valence-corrected chi connectivity index (χ3v) is 3.82. The van der Waals surface area contributed by atoms with Gasteiger partial charge in [-0.15, -0.1) is 0 Å². The first-order chi connectivity index (χ1) is 9.45. The molecular weight excluding hydrogens is 252 g/mol. The van der Waals surface area contributed by atoms with Crippen LogP contribution >= 0.6 is 0 Å². The van der Waals surface area contributed by atoms with Crippen molar-refractivity contribution in [1.82, 2.24) is 0 Å². The summed E-state index contributed by atoms with van der Waals surface area (Å²) in [7, 11) is 0.777. The summed E-state index contributed by atoms with van der Waals surface area (Å²) in [5.74, 6) is 0. The molecule has 0 spiro atoms. The Labute approximate surface area is 117 Å². The summed E-state index contributed by atoms with van der Waals surface area (Å²) >= 11 is 0. The van der Waals surface area contributed by atoms with Crippen LogP contribution < -0.4 is 10.4 Å². The molecule has 19 heavy (non-hydrogen) atoms. The van der Waals surface area contributed by atoms with Crippen molar-refractivity contribution in [3.05, 3.63) is 60.7 Å². The van der Waals surface area contributed by atoms with Crippen LogP contribution in [-0.2, 0) is 9.47 Å². The topological polar surface area (TPSA) is 18.5 Å². The molecule has 0 unspecified atom stereocenters. The second kappa shape index (κ2) is 8.64. The van der Waals surface area contributed by atoms with Crippen molar-refractivity contribution in [3.8, 4) is 0 Å². The Morgan fingerprint density at radius 1 is 0.579 bits per heavy atom. The Morgan fingerprint density at radius 2 is 0.947 bits per heavy atom. The quantitative estimate of drug-likeness (QED) is 0.768. The van der Waals surface area contributed by atoms with E-state index in [1.807, 2.05) is 0 Å². The molecule has 98 valence electrons. The van der Waals surface area contributed by atoms with Gasteiger partial charge in [-0.1, -0.05) is 71.0 Å². The van der Waals surface area contributed by atoms with Gasteiger partial charge in [0.2, 0.25) is 0 Å². The van der Waals surface area contributed by atoms with Crippen LogP contribution in [0.25, 0.3) is 0 Å². The Hall–Kier alpha value is -1.42. The largest absolute Gasteiger partial charge is 0.377 e. The highest BCUT2D eigenvalue weighted by Gasteiger charge is 1.95. The minimum absolute atomic E-state index is 0.777. The van der Waals surface area contributed by atoms with Gasteiger partial charge in [-0.2, -0.15) is 0 Å². The third kappa shape index (κ3) is 5.83. The van der Waals surface area contributed by atoms with E-state index in [0.29, 0.717) is 0 Å². The van der Waals surface area contributed by atoms with Crippen molar-refractivity contribution in [2.45, 2.75) is 0 Å². The third-order valence-electron chi connectivity index (χ3n) is 2.58. The number of benzene rings is 2. The Balaban J connectivity index is 0.000000186. The van der Waals surface area contributed by atoms with Crippen molar-refractivity contribution in [2.75, 3.05) is 26.4 Å². The Kier molecular flexibility index (Phi) is 6.36. The molecule has 2 nitrogen and oxygen atoms in total. The van der Waals surface area contributed by atoms with Gasteiger partial charge in [0.05, 0.1) is 26.4 Å². The average molecular weight is 270 g/mol. The molecule has 1 aliphatic heterocycles. The maximum atomic E-state index is 4.94. The molecule has 0 amide bonds. The van der Waals surface area contributed by atoms with E-state index in [1.165, 1.54) is 10.4 Å². The highest BCUT2D eigenvalue weighted by atomic mass is 28.2. The molecule has 3 heteroatoms. The molecule has 0 bridgehead atoms. The van der Waals surface area contributed by atoms with E-state index in [4.69, 9.17) is 9.47 Å². The lowest BCUT2D eigenvalue weighted by molar-refractivity contribution is -0.0334. The molecule has 0 aliphatic carbocycles. The van der Waals surface area contributed by atoms with Gasteiger partial charge in [0, 0.05) is 0 Å². The first kappa shape index (κ1) is 14.0. The normalized spacial score (nSPS) is 14.3. The van der Waals surface area contributed by atoms with Crippen molar-refractivity contribution >= 4 is 19.9 Å². The van der Waals surface area contributed by atoms with Gasteiger partial charge < -0.3 is 9.47 Å². The summed E-state index contributed by atoms with van der Waals surface area (Å²) in [5.41, 5.74) is 0. The van der Waals surface area contributed by atoms with Gasteiger partial charge in [-0.05, 0) is 0 Å². The van der Waals surface area contributed by atoms with Gasteiger partial charge in [0.1, 0.15) is 9.52 Å². The van der Waals surface area contributed by atoms with E-state index in [1.54, 1.807) is 0 Å². The minimum Gasteiger partial charge on any atom is -0.377 e. The first-order valence-corrected chi connectivity index (χ1v) is 7.48. The van der Waals surface area contributed by atoms with Crippen LogP contribution in [0.4, 0.5) is 0 Å². The molecule has 3 rings (SSSR count). The Morgan fingerprint density at radius 3 is 1.26 bits per heavy atom. The molecule has 1 aliphatic rings. The lowest BCUT2D eigenvalue weighted by Crippen LogP contribution is -2.26. The summed E-state index contributed by atoms with van der Waals surface area (Å²) in [6.07, 6.45) is 0. The lowest BCUT2D eigenvalue weighted by atomic mass is 10.4. The van der Waals surface area contributed by atoms with Crippen LogP contribution in [0.5, 0.6) is 0 Å². The maximum Gasteiger partial charge on any atom is 0.121 e. The molecule has 0 atom stereocenters. The number of rotatable bonds is 2. The van der Waals surface area contributed by atoms with Gasteiger partial charge >= 0.3 is 0 Å². The van der Waals surface area contributed by atoms with E-state index >= 15 is 0 Å². The fourth-order valence-electron chi connectivity index (χ4n) is 1.65. The molecule has 0 N–H and O–H groups in total. The fraction of sp³-hybridized carbons (Fsp3) is 0.250. The number of hydrogen-bond acceptors (Lipinski definition) is 2. The Bertz CT molecular complexity index is 392. The average Bonchev–Trinajstić information content (AvgIpc) is 2.52. The van der Waals surface area contributed by atoms with Crippen molar-refractivity contribution < 1.29 is 9.47 Å². The van der Waals surface area contributed by atoms with Crippen molar-refractivity contribution in [1.29, 1.82) is 0 Å².